The number of nitrogens with one attached hydrogen (secondary N) is 1. The summed E-state index contributed by atoms with van der Waals surface area (Å²) in [6, 6.07) is 4.45. The van der Waals surface area contributed by atoms with Crippen molar-refractivity contribution < 1.29 is 18.3 Å². The van der Waals surface area contributed by atoms with Crippen molar-refractivity contribution in [3.63, 3.8) is 0 Å². The predicted octanol–water partition coefficient (Wildman–Crippen LogP) is 2.45. The highest BCUT2D eigenvalue weighted by molar-refractivity contribution is 7.90. The van der Waals surface area contributed by atoms with Gasteiger partial charge in [0.1, 0.15) is 0 Å². The summed E-state index contributed by atoms with van der Waals surface area (Å²) in [5.74, 6) is -1.38. The van der Waals surface area contributed by atoms with E-state index in [1.165, 1.54) is 22.5 Å². The van der Waals surface area contributed by atoms with Gasteiger partial charge in [-0.3, -0.25) is 9.52 Å². The molecule has 0 spiro atoms. The molecule has 0 atom stereocenters. The fraction of sp³-hybridized carbons (Fsp3) is 0.417. The van der Waals surface area contributed by atoms with Gasteiger partial charge >= 0.3 is 16.2 Å². The summed E-state index contributed by atoms with van der Waals surface area (Å²) in [6.45, 7) is 0.328. The van der Waals surface area contributed by atoms with Crippen LogP contribution in [0.25, 0.3) is 0 Å². The Kier molecular flexibility index (Phi) is 4.98. The Morgan fingerprint density at radius 1 is 1.29 bits per heavy atom. The first kappa shape index (κ1) is 16.4. The van der Waals surface area contributed by atoms with Gasteiger partial charge in [0.2, 0.25) is 0 Å². The van der Waals surface area contributed by atoms with Crippen molar-refractivity contribution in [3.05, 3.63) is 28.2 Å². The van der Waals surface area contributed by atoms with Crippen LogP contribution in [0.3, 0.4) is 0 Å². The van der Waals surface area contributed by atoms with Crippen molar-refractivity contribution in [1.29, 1.82) is 0 Å². The maximum Gasteiger partial charge on any atom is 0.306 e. The number of carboxylic acids is 1. The maximum absolute atomic E-state index is 12.2. The molecule has 0 radical (unpaired) electrons. The number of aliphatic carboxylic acids is 1. The largest absolute Gasteiger partial charge is 0.481 e. The zero-order chi connectivity index (χ0) is 15.6. The SMILES string of the molecule is O=C(O)C1CCN(S(=O)(=O)Nc2ccc(Cl)cc2Cl)CC1. The first-order chi connectivity index (χ1) is 9.79. The van der Waals surface area contributed by atoms with Gasteiger partial charge in [0.15, 0.2) is 0 Å². The van der Waals surface area contributed by atoms with Gasteiger partial charge < -0.3 is 5.11 Å². The molecule has 1 aromatic carbocycles. The molecule has 6 nitrogen and oxygen atoms in total. The van der Waals surface area contributed by atoms with Gasteiger partial charge in [-0.25, -0.2) is 0 Å². The lowest BCUT2D eigenvalue weighted by molar-refractivity contribution is -0.142. The molecule has 0 saturated carbocycles. The highest BCUT2D eigenvalue weighted by Crippen LogP contribution is 2.27. The fourth-order valence-electron chi connectivity index (χ4n) is 2.12. The average Bonchev–Trinajstić information content (AvgIpc) is 2.42. The summed E-state index contributed by atoms with van der Waals surface area (Å²) in [5, 5.41) is 9.52. The summed E-state index contributed by atoms with van der Waals surface area (Å²) >= 11 is 11.7. The third kappa shape index (κ3) is 4.00. The minimum Gasteiger partial charge on any atom is -0.481 e. The molecule has 2 rings (SSSR count). The Labute approximate surface area is 132 Å². The lowest BCUT2D eigenvalue weighted by atomic mass is 9.99. The van der Waals surface area contributed by atoms with E-state index in [0.29, 0.717) is 17.9 Å². The van der Waals surface area contributed by atoms with Crippen molar-refractivity contribution in [3.8, 4) is 0 Å². The molecule has 1 aliphatic heterocycles. The van der Waals surface area contributed by atoms with Crippen LogP contribution in [0.5, 0.6) is 0 Å². The molecule has 0 unspecified atom stereocenters. The lowest BCUT2D eigenvalue weighted by Gasteiger charge is -2.29. The van der Waals surface area contributed by atoms with E-state index < -0.39 is 22.1 Å². The lowest BCUT2D eigenvalue weighted by Crippen LogP contribution is -2.42. The van der Waals surface area contributed by atoms with Gasteiger partial charge in [0, 0.05) is 18.1 Å². The van der Waals surface area contributed by atoms with Crippen LogP contribution in [0.2, 0.25) is 10.0 Å². The van der Waals surface area contributed by atoms with Gasteiger partial charge in [-0.15, -0.1) is 0 Å². The average molecular weight is 353 g/mol. The van der Waals surface area contributed by atoms with Gasteiger partial charge in [-0.1, -0.05) is 23.2 Å². The van der Waals surface area contributed by atoms with E-state index >= 15 is 0 Å². The van der Waals surface area contributed by atoms with E-state index in [9.17, 15) is 13.2 Å². The number of carbonyl (C=O) groups is 1. The van der Waals surface area contributed by atoms with Gasteiger partial charge in [-0.2, -0.15) is 12.7 Å². The number of benzene rings is 1. The Balaban J connectivity index is 2.07. The predicted molar refractivity (Wildman–Crippen MR) is 80.9 cm³/mol. The molecule has 1 aromatic rings. The highest BCUT2D eigenvalue weighted by atomic mass is 35.5. The Hall–Kier alpha value is -1.02. The summed E-state index contributed by atoms with van der Waals surface area (Å²) in [6.07, 6.45) is 0.592. The molecule has 1 saturated heterocycles. The van der Waals surface area contributed by atoms with Crippen molar-refractivity contribution in [2.24, 2.45) is 5.92 Å². The molecule has 1 heterocycles. The smallest absolute Gasteiger partial charge is 0.306 e. The highest BCUT2D eigenvalue weighted by Gasteiger charge is 2.31. The van der Waals surface area contributed by atoms with Crippen LogP contribution >= 0.6 is 23.2 Å². The number of rotatable bonds is 4. The van der Waals surface area contributed by atoms with E-state index in [0.717, 1.165) is 0 Å². The number of piperidine rings is 1. The number of halogens is 2. The number of anilines is 1. The van der Waals surface area contributed by atoms with E-state index in [-0.39, 0.29) is 23.8 Å². The van der Waals surface area contributed by atoms with Crippen molar-refractivity contribution in [2.45, 2.75) is 12.8 Å². The summed E-state index contributed by atoms with van der Waals surface area (Å²) in [4.78, 5) is 10.9. The van der Waals surface area contributed by atoms with Crippen LogP contribution in [0, 0.1) is 5.92 Å². The second-order valence-electron chi connectivity index (χ2n) is 4.74. The normalized spacial score (nSPS) is 17.6. The van der Waals surface area contributed by atoms with Gasteiger partial charge in [-0.05, 0) is 31.0 Å². The van der Waals surface area contributed by atoms with E-state index in [1.54, 1.807) is 0 Å². The van der Waals surface area contributed by atoms with Gasteiger partial charge in [0.05, 0.1) is 16.6 Å². The minimum absolute atomic E-state index is 0.164. The second-order valence-corrected chi connectivity index (χ2v) is 7.26. The van der Waals surface area contributed by atoms with E-state index in [2.05, 4.69) is 4.72 Å². The molecule has 9 heteroatoms. The molecule has 0 bridgehead atoms. The number of hydrogen-bond donors (Lipinski definition) is 2. The first-order valence-corrected chi connectivity index (χ1v) is 8.45. The molecule has 1 fully saturated rings. The van der Waals surface area contributed by atoms with Crippen LogP contribution in [0.15, 0.2) is 18.2 Å². The molecular weight excluding hydrogens is 339 g/mol. The molecule has 2 N–H and O–H groups in total. The third-order valence-corrected chi connectivity index (χ3v) is 5.38. The van der Waals surface area contributed by atoms with E-state index in [1.807, 2.05) is 0 Å². The molecule has 116 valence electrons. The molecule has 1 aliphatic rings. The van der Waals surface area contributed by atoms with Crippen molar-refractivity contribution >= 4 is 45.1 Å². The van der Waals surface area contributed by atoms with E-state index in [4.69, 9.17) is 28.3 Å². The van der Waals surface area contributed by atoms with Gasteiger partial charge in [0.25, 0.3) is 0 Å². The molecule has 0 aliphatic carbocycles. The van der Waals surface area contributed by atoms with Crippen LogP contribution in [0.4, 0.5) is 5.69 Å². The van der Waals surface area contributed by atoms with Crippen molar-refractivity contribution in [1.82, 2.24) is 4.31 Å². The number of nitrogens with zero attached hydrogens (tertiary/aromatic N) is 1. The van der Waals surface area contributed by atoms with Crippen LogP contribution in [-0.4, -0.2) is 36.9 Å². The standard InChI is InChI=1S/C12H14Cl2N2O4S/c13-9-1-2-11(10(14)7-9)15-21(19,20)16-5-3-8(4-6-16)12(17)18/h1-2,7-8,15H,3-6H2,(H,17,18). The monoisotopic (exact) mass is 352 g/mol. The number of carboxylic acid groups (broad SMARTS) is 1. The first-order valence-electron chi connectivity index (χ1n) is 6.25. The zero-order valence-electron chi connectivity index (χ0n) is 10.9. The van der Waals surface area contributed by atoms with Crippen LogP contribution in [-0.2, 0) is 15.0 Å². The minimum atomic E-state index is -3.76. The summed E-state index contributed by atoms with van der Waals surface area (Å²) < 4.78 is 28.1. The Bertz CT molecular complexity index is 643. The molecule has 0 aromatic heterocycles. The zero-order valence-corrected chi connectivity index (χ0v) is 13.2. The third-order valence-electron chi connectivity index (χ3n) is 3.31. The Morgan fingerprint density at radius 2 is 1.90 bits per heavy atom. The summed E-state index contributed by atoms with van der Waals surface area (Å²) in [5.41, 5.74) is 0.237. The quantitative estimate of drug-likeness (QED) is 0.871. The summed E-state index contributed by atoms with van der Waals surface area (Å²) in [7, 11) is -3.76. The Morgan fingerprint density at radius 3 is 2.43 bits per heavy atom. The van der Waals surface area contributed by atoms with Crippen LogP contribution in [0.1, 0.15) is 12.8 Å². The fourth-order valence-corrected chi connectivity index (χ4v) is 3.91. The second kappa shape index (κ2) is 6.39. The molecule has 0 amide bonds. The topological polar surface area (TPSA) is 86.7 Å². The number of hydrogen-bond acceptors (Lipinski definition) is 3. The molecule has 21 heavy (non-hydrogen) atoms. The van der Waals surface area contributed by atoms with Crippen LogP contribution < -0.4 is 4.72 Å². The van der Waals surface area contributed by atoms with Crippen molar-refractivity contribution in [2.75, 3.05) is 17.8 Å². The maximum atomic E-state index is 12.2. The molecular formula is C12H14Cl2N2O4S.